The molecule has 4 heteroatoms. The summed E-state index contributed by atoms with van der Waals surface area (Å²) in [5.74, 6) is 0. The van der Waals surface area contributed by atoms with Crippen molar-refractivity contribution < 1.29 is 5.11 Å². The summed E-state index contributed by atoms with van der Waals surface area (Å²) in [6.07, 6.45) is 3.64. The summed E-state index contributed by atoms with van der Waals surface area (Å²) in [5, 5.41) is 12.4. The van der Waals surface area contributed by atoms with Crippen LogP contribution in [0.2, 0.25) is 0 Å². The molecule has 15 heavy (non-hydrogen) atoms. The van der Waals surface area contributed by atoms with Gasteiger partial charge in [-0.15, -0.1) is 0 Å². The summed E-state index contributed by atoms with van der Waals surface area (Å²) in [6.45, 7) is 3.91. The lowest BCUT2D eigenvalue weighted by molar-refractivity contribution is 0.127. The van der Waals surface area contributed by atoms with Crippen LogP contribution in [-0.2, 0) is 0 Å². The molecule has 0 radical (unpaired) electrons. The van der Waals surface area contributed by atoms with E-state index in [-0.39, 0.29) is 6.61 Å². The van der Waals surface area contributed by atoms with Crippen molar-refractivity contribution in [2.24, 2.45) is 0 Å². The molecule has 0 bridgehead atoms. The Labute approximate surface area is 89.9 Å². The van der Waals surface area contributed by atoms with Gasteiger partial charge in [-0.05, 0) is 17.7 Å². The Morgan fingerprint density at radius 3 is 3.00 bits per heavy atom. The number of aromatic nitrogens is 1. The molecule has 1 fully saturated rings. The number of rotatable bonds is 3. The first-order valence-electron chi connectivity index (χ1n) is 5.37. The van der Waals surface area contributed by atoms with E-state index in [1.807, 2.05) is 24.5 Å². The minimum Gasteiger partial charge on any atom is -0.395 e. The van der Waals surface area contributed by atoms with Gasteiger partial charge < -0.3 is 10.4 Å². The van der Waals surface area contributed by atoms with Crippen LogP contribution in [0.25, 0.3) is 0 Å². The number of hydrogen-bond acceptors (Lipinski definition) is 4. The van der Waals surface area contributed by atoms with Gasteiger partial charge in [0.15, 0.2) is 0 Å². The Morgan fingerprint density at radius 2 is 2.27 bits per heavy atom. The highest BCUT2D eigenvalue weighted by Crippen LogP contribution is 2.20. The maximum Gasteiger partial charge on any atom is 0.0558 e. The third-order valence-electron chi connectivity index (χ3n) is 2.83. The molecule has 1 aromatic rings. The predicted molar refractivity (Wildman–Crippen MR) is 58.5 cm³/mol. The fourth-order valence-electron chi connectivity index (χ4n) is 2.06. The van der Waals surface area contributed by atoms with Crippen molar-refractivity contribution in [3.8, 4) is 0 Å². The molecule has 82 valence electrons. The lowest BCUT2D eigenvalue weighted by Crippen LogP contribution is -2.46. The third kappa shape index (κ3) is 2.53. The number of aliphatic hydroxyl groups excluding tert-OH is 1. The Bertz CT molecular complexity index is 289. The van der Waals surface area contributed by atoms with Gasteiger partial charge in [0.1, 0.15) is 0 Å². The van der Waals surface area contributed by atoms with Gasteiger partial charge in [-0.2, -0.15) is 0 Å². The number of hydrogen-bond donors (Lipinski definition) is 2. The van der Waals surface area contributed by atoms with Crippen molar-refractivity contribution >= 4 is 0 Å². The van der Waals surface area contributed by atoms with E-state index in [9.17, 15) is 0 Å². The standard InChI is InChI=1S/C11H17N3O/c15-8-7-14-6-5-13-9-11(14)10-1-3-12-4-2-10/h1-4,11,13,15H,5-9H2. The first kappa shape index (κ1) is 10.5. The largest absolute Gasteiger partial charge is 0.395 e. The van der Waals surface area contributed by atoms with E-state index in [1.54, 1.807) is 0 Å². The summed E-state index contributed by atoms with van der Waals surface area (Å²) < 4.78 is 0. The van der Waals surface area contributed by atoms with Gasteiger partial charge in [-0.1, -0.05) is 0 Å². The molecule has 0 saturated carbocycles. The van der Waals surface area contributed by atoms with Gasteiger partial charge in [0, 0.05) is 44.6 Å². The number of nitrogens with zero attached hydrogens (tertiary/aromatic N) is 2. The molecule has 1 unspecified atom stereocenters. The molecule has 2 heterocycles. The monoisotopic (exact) mass is 207 g/mol. The topological polar surface area (TPSA) is 48.4 Å². The van der Waals surface area contributed by atoms with Crippen LogP contribution in [0.3, 0.4) is 0 Å². The molecular formula is C11H17N3O. The van der Waals surface area contributed by atoms with E-state index in [2.05, 4.69) is 15.2 Å². The van der Waals surface area contributed by atoms with E-state index in [1.165, 1.54) is 5.56 Å². The van der Waals surface area contributed by atoms with Crippen molar-refractivity contribution in [3.05, 3.63) is 30.1 Å². The van der Waals surface area contributed by atoms with Crippen LogP contribution in [0.1, 0.15) is 11.6 Å². The molecule has 1 aromatic heterocycles. The average Bonchev–Trinajstić information content (AvgIpc) is 2.31. The lowest BCUT2D eigenvalue weighted by atomic mass is 10.1. The van der Waals surface area contributed by atoms with Crippen LogP contribution in [0.5, 0.6) is 0 Å². The maximum absolute atomic E-state index is 9.01. The first-order chi connectivity index (χ1) is 7.42. The molecule has 2 rings (SSSR count). The Morgan fingerprint density at radius 1 is 1.47 bits per heavy atom. The smallest absolute Gasteiger partial charge is 0.0558 e. The Balaban J connectivity index is 2.11. The molecule has 1 saturated heterocycles. The number of nitrogens with one attached hydrogen (secondary N) is 1. The second-order valence-electron chi connectivity index (χ2n) is 3.76. The van der Waals surface area contributed by atoms with Crippen molar-refractivity contribution in [2.75, 3.05) is 32.8 Å². The quantitative estimate of drug-likeness (QED) is 0.733. The zero-order chi connectivity index (χ0) is 10.5. The predicted octanol–water partition coefficient (Wildman–Crippen LogP) is 0.0202. The molecular weight excluding hydrogens is 190 g/mol. The van der Waals surface area contributed by atoms with Gasteiger partial charge in [-0.3, -0.25) is 9.88 Å². The second kappa shape index (κ2) is 5.21. The molecule has 0 aromatic carbocycles. The summed E-state index contributed by atoms with van der Waals surface area (Å²) >= 11 is 0. The number of pyridine rings is 1. The van der Waals surface area contributed by atoms with E-state index in [0.29, 0.717) is 6.04 Å². The maximum atomic E-state index is 9.01. The molecule has 1 aliphatic heterocycles. The van der Waals surface area contributed by atoms with E-state index >= 15 is 0 Å². The third-order valence-corrected chi connectivity index (χ3v) is 2.83. The van der Waals surface area contributed by atoms with Gasteiger partial charge in [0.25, 0.3) is 0 Å². The highest BCUT2D eigenvalue weighted by Gasteiger charge is 2.22. The zero-order valence-corrected chi connectivity index (χ0v) is 8.76. The van der Waals surface area contributed by atoms with Crippen LogP contribution >= 0.6 is 0 Å². The van der Waals surface area contributed by atoms with Gasteiger partial charge in [0.2, 0.25) is 0 Å². The molecule has 0 spiro atoms. The molecule has 0 amide bonds. The second-order valence-corrected chi connectivity index (χ2v) is 3.76. The minimum absolute atomic E-state index is 0.224. The minimum atomic E-state index is 0.224. The van der Waals surface area contributed by atoms with Crippen molar-refractivity contribution in [1.29, 1.82) is 0 Å². The van der Waals surface area contributed by atoms with Crippen LogP contribution < -0.4 is 5.32 Å². The molecule has 1 atom stereocenters. The molecule has 2 N–H and O–H groups in total. The van der Waals surface area contributed by atoms with Gasteiger partial charge in [0.05, 0.1) is 6.61 Å². The summed E-state index contributed by atoms with van der Waals surface area (Å²) in [6, 6.07) is 4.46. The first-order valence-corrected chi connectivity index (χ1v) is 5.37. The van der Waals surface area contributed by atoms with Crippen molar-refractivity contribution in [2.45, 2.75) is 6.04 Å². The zero-order valence-electron chi connectivity index (χ0n) is 8.76. The molecule has 0 aliphatic carbocycles. The Kier molecular flexibility index (Phi) is 3.66. The van der Waals surface area contributed by atoms with Crippen LogP contribution in [-0.4, -0.2) is 47.8 Å². The summed E-state index contributed by atoms with van der Waals surface area (Å²) in [4.78, 5) is 6.33. The number of piperazine rings is 1. The lowest BCUT2D eigenvalue weighted by Gasteiger charge is -2.35. The van der Waals surface area contributed by atoms with Crippen LogP contribution in [0.4, 0.5) is 0 Å². The average molecular weight is 207 g/mol. The van der Waals surface area contributed by atoms with Crippen LogP contribution in [0, 0.1) is 0 Å². The summed E-state index contributed by atoms with van der Waals surface area (Å²) in [7, 11) is 0. The van der Waals surface area contributed by atoms with Crippen LogP contribution in [0.15, 0.2) is 24.5 Å². The van der Waals surface area contributed by atoms with Crippen molar-refractivity contribution in [3.63, 3.8) is 0 Å². The normalized spacial score (nSPS) is 22.9. The highest BCUT2D eigenvalue weighted by molar-refractivity contribution is 5.16. The van der Waals surface area contributed by atoms with Crippen molar-refractivity contribution in [1.82, 2.24) is 15.2 Å². The fraction of sp³-hybridized carbons (Fsp3) is 0.545. The van der Waals surface area contributed by atoms with E-state index < -0.39 is 0 Å². The van der Waals surface area contributed by atoms with Gasteiger partial charge in [-0.25, -0.2) is 0 Å². The van der Waals surface area contributed by atoms with E-state index in [0.717, 1.165) is 26.2 Å². The molecule has 1 aliphatic rings. The summed E-state index contributed by atoms with van der Waals surface area (Å²) in [5.41, 5.74) is 1.27. The Hall–Kier alpha value is -0.970. The van der Waals surface area contributed by atoms with Gasteiger partial charge >= 0.3 is 0 Å². The number of aliphatic hydroxyl groups is 1. The van der Waals surface area contributed by atoms with E-state index in [4.69, 9.17) is 5.11 Å². The highest BCUT2D eigenvalue weighted by atomic mass is 16.3. The molecule has 4 nitrogen and oxygen atoms in total. The SMILES string of the molecule is OCCN1CCNCC1c1ccncc1. The fourth-order valence-corrected chi connectivity index (χ4v) is 2.06. The number of β-amino-alcohol motifs (C(OH)–C–C–N with tert-alkyl or cyclic N) is 1.